The molecule has 0 aromatic carbocycles. The molecule has 0 radical (unpaired) electrons. The predicted octanol–water partition coefficient (Wildman–Crippen LogP) is 1.97. The molecule has 0 spiro atoms. The molecule has 2 N–H and O–H groups in total. The summed E-state index contributed by atoms with van der Waals surface area (Å²) in [4.78, 5) is 4.43. The third-order valence-corrected chi connectivity index (χ3v) is 3.22. The van der Waals surface area contributed by atoms with Crippen LogP contribution in [0.15, 0.2) is 4.52 Å². The maximum atomic E-state index is 5.77. The van der Waals surface area contributed by atoms with Crippen LogP contribution in [-0.2, 0) is 15.8 Å². The minimum atomic E-state index is -0.528. The maximum Gasteiger partial charge on any atom is 0.233 e. The molecule has 1 aromatic rings. The summed E-state index contributed by atoms with van der Waals surface area (Å²) in [6.07, 6.45) is 0.861. The van der Waals surface area contributed by atoms with E-state index in [1.54, 1.807) is 0 Å². The van der Waals surface area contributed by atoms with Crippen molar-refractivity contribution in [3.8, 4) is 0 Å². The Hall–Kier alpha value is -0.940. The molecule has 1 unspecified atom stereocenters. The third-order valence-electron chi connectivity index (χ3n) is 3.22. The van der Waals surface area contributed by atoms with E-state index in [1.807, 2.05) is 27.7 Å². The average molecular weight is 241 g/mol. The van der Waals surface area contributed by atoms with Crippen molar-refractivity contribution in [3.05, 3.63) is 11.7 Å². The van der Waals surface area contributed by atoms with Gasteiger partial charge in [0.1, 0.15) is 5.60 Å². The summed E-state index contributed by atoms with van der Waals surface area (Å²) < 4.78 is 10.9. The molecule has 0 aliphatic carbocycles. The van der Waals surface area contributed by atoms with E-state index in [0.29, 0.717) is 24.9 Å². The SMILES string of the molecule is CCOC(C)(C)c1noc(C(C)(CC)CN)n1. The largest absolute Gasteiger partial charge is 0.368 e. The third kappa shape index (κ3) is 2.84. The lowest BCUT2D eigenvalue weighted by Crippen LogP contribution is -2.32. The highest BCUT2D eigenvalue weighted by Crippen LogP contribution is 2.28. The van der Waals surface area contributed by atoms with Gasteiger partial charge in [-0.15, -0.1) is 0 Å². The number of hydrogen-bond acceptors (Lipinski definition) is 5. The van der Waals surface area contributed by atoms with Crippen LogP contribution < -0.4 is 5.73 Å². The van der Waals surface area contributed by atoms with Crippen LogP contribution in [0.4, 0.5) is 0 Å². The van der Waals surface area contributed by atoms with Crippen LogP contribution in [0.25, 0.3) is 0 Å². The Balaban J connectivity index is 2.99. The molecule has 1 atom stereocenters. The van der Waals surface area contributed by atoms with Crippen LogP contribution in [0, 0.1) is 0 Å². The molecule has 5 heteroatoms. The zero-order chi connectivity index (χ0) is 13.1. The maximum absolute atomic E-state index is 5.77. The fourth-order valence-electron chi connectivity index (χ4n) is 1.52. The first kappa shape index (κ1) is 14.1. The van der Waals surface area contributed by atoms with Gasteiger partial charge in [0, 0.05) is 13.2 Å². The molecular weight excluding hydrogens is 218 g/mol. The molecule has 17 heavy (non-hydrogen) atoms. The van der Waals surface area contributed by atoms with Crippen molar-refractivity contribution >= 4 is 0 Å². The van der Waals surface area contributed by atoms with Crippen LogP contribution >= 0.6 is 0 Å². The monoisotopic (exact) mass is 241 g/mol. The molecule has 5 nitrogen and oxygen atoms in total. The summed E-state index contributed by atoms with van der Waals surface area (Å²) in [5.41, 5.74) is 4.98. The van der Waals surface area contributed by atoms with Crippen LogP contribution in [0.2, 0.25) is 0 Å². The smallest absolute Gasteiger partial charge is 0.233 e. The zero-order valence-corrected chi connectivity index (χ0v) is 11.4. The summed E-state index contributed by atoms with van der Waals surface area (Å²) in [5.74, 6) is 1.16. The fourth-order valence-corrected chi connectivity index (χ4v) is 1.52. The van der Waals surface area contributed by atoms with E-state index < -0.39 is 5.60 Å². The number of ether oxygens (including phenoxy) is 1. The summed E-state index contributed by atoms with van der Waals surface area (Å²) in [7, 11) is 0. The zero-order valence-electron chi connectivity index (χ0n) is 11.4. The molecular formula is C12H23N3O2. The number of aromatic nitrogens is 2. The minimum absolute atomic E-state index is 0.256. The van der Waals surface area contributed by atoms with Crippen molar-refractivity contribution in [2.24, 2.45) is 5.73 Å². The molecule has 98 valence electrons. The average Bonchev–Trinajstić information content (AvgIpc) is 2.78. The molecule has 1 heterocycles. The van der Waals surface area contributed by atoms with Crippen molar-refractivity contribution < 1.29 is 9.26 Å². The van der Waals surface area contributed by atoms with Gasteiger partial charge in [-0.1, -0.05) is 12.1 Å². The lowest BCUT2D eigenvalue weighted by atomic mass is 9.87. The van der Waals surface area contributed by atoms with E-state index in [0.717, 1.165) is 6.42 Å². The normalized spacial score (nSPS) is 15.9. The Kier molecular flexibility index (Phi) is 4.27. The Morgan fingerprint density at radius 1 is 1.29 bits per heavy atom. The predicted molar refractivity (Wildman–Crippen MR) is 65.6 cm³/mol. The van der Waals surface area contributed by atoms with Crippen LogP contribution in [0.3, 0.4) is 0 Å². The van der Waals surface area contributed by atoms with Gasteiger partial charge in [-0.25, -0.2) is 0 Å². The first-order valence-corrected chi connectivity index (χ1v) is 6.08. The number of hydrogen-bond donors (Lipinski definition) is 1. The molecule has 0 bridgehead atoms. The molecule has 0 amide bonds. The Bertz CT molecular complexity index is 356. The van der Waals surface area contributed by atoms with E-state index >= 15 is 0 Å². The Labute approximate surface area is 103 Å². The highest BCUT2D eigenvalue weighted by atomic mass is 16.5. The molecule has 0 saturated carbocycles. The summed E-state index contributed by atoms with van der Waals surface area (Å²) in [5, 5.41) is 4.00. The van der Waals surface area contributed by atoms with E-state index in [4.69, 9.17) is 15.0 Å². The second-order valence-electron chi connectivity index (χ2n) is 4.98. The lowest BCUT2D eigenvalue weighted by Gasteiger charge is -2.22. The van der Waals surface area contributed by atoms with Gasteiger partial charge in [-0.3, -0.25) is 0 Å². The van der Waals surface area contributed by atoms with Gasteiger partial charge in [-0.05, 0) is 34.1 Å². The molecule has 1 aromatic heterocycles. The van der Waals surface area contributed by atoms with Gasteiger partial charge in [0.25, 0.3) is 0 Å². The van der Waals surface area contributed by atoms with Gasteiger partial charge >= 0.3 is 0 Å². The van der Waals surface area contributed by atoms with E-state index in [1.165, 1.54) is 0 Å². The Morgan fingerprint density at radius 3 is 2.41 bits per heavy atom. The first-order valence-electron chi connectivity index (χ1n) is 6.08. The molecule has 0 aliphatic heterocycles. The summed E-state index contributed by atoms with van der Waals surface area (Å²) in [6.45, 7) is 11.0. The van der Waals surface area contributed by atoms with Gasteiger partial charge in [0.2, 0.25) is 11.7 Å². The molecule has 1 rings (SSSR count). The van der Waals surface area contributed by atoms with Crippen LogP contribution in [-0.4, -0.2) is 23.3 Å². The van der Waals surface area contributed by atoms with Gasteiger partial charge in [0.05, 0.1) is 5.41 Å². The second-order valence-corrected chi connectivity index (χ2v) is 4.98. The first-order chi connectivity index (χ1) is 7.89. The highest BCUT2D eigenvalue weighted by molar-refractivity contribution is 5.06. The highest BCUT2D eigenvalue weighted by Gasteiger charge is 2.33. The van der Waals surface area contributed by atoms with Crippen LogP contribution in [0.1, 0.15) is 52.8 Å². The van der Waals surface area contributed by atoms with Crippen molar-refractivity contribution in [3.63, 3.8) is 0 Å². The summed E-state index contributed by atoms with van der Waals surface area (Å²) in [6, 6.07) is 0. The Morgan fingerprint density at radius 2 is 1.94 bits per heavy atom. The van der Waals surface area contributed by atoms with Crippen molar-refractivity contribution in [1.82, 2.24) is 10.1 Å². The minimum Gasteiger partial charge on any atom is -0.368 e. The quantitative estimate of drug-likeness (QED) is 0.824. The number of rotatable bonds is 6. The molecule has 0 aliphatic rings. The standard InChI is InChI=1S/C12H23N3O2/c1-6-12(5,8-13)10-14-9(15-17-10)11(3,4)16-7-2/h6-8,13H2,1-5H3. The summed E-state index contributed by atoms with van der Waals surface area (Å²) >= 11 is 0. The number of nitrogens with zero attached hydrogens (tertiary/aromatic N) is 2. The van der Waals surface area contributed by atoms with Crippen molar-refractivity contribution in [1.29, 1.82) is 0 Å². The van der Waals surface area contributed by atoms with Crippen molar-refractivity contribution in [2.45, 2.75) is 52.1 Å². The van der Waals surface area contributed by atoms with Gasteiger partial charge < -0.3 is 15.0 Å². The van der Waals surface area contributed by atoms with E-state index in [9.17, 15) is 0 Å². The van der Waals surface area contributed by atoms with Crippen LogP contribution in [0.5, 0.6) is 0 Å². The fraction of sp³-hybridized carbons (Fsp3) is 0.833. The molecule has 0 saturated heterocycles. The van der Waals surface area contributed by atoms with E-state index in [2.05, 4.69) is 17.1 Å². The van der Waals surface area contributed by atoms with Gasteiger partial charge in [0.15, 0.2) is 0 Å². The van der Waals surface area contributed by atoms with Crippen molar-refractivity contribution in [2.75, 3.05) is 13.2 Å². The van der Waals surface area contributed by atoms with E-state index in [-0.39, 0.29) is 5.41 Å². The van der Waals surface area contributed by atoms with Gasteiger partial charge in [-0.2, -0.15) is 4.98 Å². The second kappa shape index (κ2) is 5.14. The molecule has 0 fully saturated rings. The lowest BCUT2D eigenvalue weighted by molar-refractivity contribution is -0.0221. The number of nitrogens with two attached hydrogens (primary N) is 1. The topological polar surface area (TPSA) is 74.2 Å².